The van der Waals surface area contributed by atoms with Gasteiger partial charge in [-0.15, -0.1) is 0 Å². The summed E-state index contributed by atoms with van der Waals surface area (Å²) in [7, 11) is 0. The van der Waals surface area contributed by atoms with Gasteiger partial charge in [-0.3, -0.25) is 0 Å². The predicted molar refractivity (Wildman–Crippen MR) is 81.6 cm³/mol. The first-order chi connectivity index (χ1) is 10.2. The molecule has 0 saturated carbocycles. The average Bonchev–Trinajstić information content (AvgIpc) is 2.84. The molecule has 3 rings (SSSR count). The van der Waals surface area contributed by atoms with Gasteiger partial charge in [0.05, 0.1) is 16.6 Å². The molecule has 0 bridgehead atoms. The van der Waals surface area contributed by atoms with Crippen LogP contribution in [0.5, 0.6) is 0 Å². The third-order valence-corrected chi connectivity index (χ3v) is 3.65. The largest absolute Gasteiger partial charge is 0.478 e. The summed E-state index contributed by atoms with van der Waals surface area (Å²) in [4.78, 5) is 16.0. The Labute approximate surface area is 122 Å². The first-order valence-corrected chi connectivity index (χ1v) is 6.96. The highest BCUT2D eigenvalue weighted by Gasteiger charge is 2.14. The molecule has 0 radical (unpaired) electrons. The van der Waals surface area contributed by atoms with Gasteiger partial charge in [0.1, 0.15) is 5.82 Å². The van der Waals surface area contributed by atoms with Crippen molar-refractivity contribution >= 4 is 17.0 Å². The Balaban J connectivity index is 2.08. The fraction of sp³-hybridized carbons (Fsp3) is 0.176. The maximum atomic E-state index is 11.3. The van der Waals surface area contributed by atoms with Crippen molar-refractivity contribution in [1.82, 2.24) is 9.55 Å². The lowest BCUT2D eigenvalue weighted by Gasteiger charge is -2.08. The number of carboxylic acids is 1. The Morgan fingerprint density at radius 1 is 1.14 bits per heavy atom. The number of carbonyl (C=O) groups is 1. The van der Waals surface area contributed by atoms with Crippen molar-refractivity contribution in [3.05, 3.63) is 65.5 Å². The van der Waals surface area contributed by atoms with Gasteiger partial charge in [0.25, 0.3) is 0 Å². The number of imidazole rings is 1. The van der Waals surface area contributed by atoms with E-state index in [1.165, 1.54) is 0 Å². The Kier molecular flexibility index (Phi) is 3.44. The van der Waals surface area contributed by atoms with Crippen LogP contribution in [-0.4, -0.2) is 20.6 Å². The Hall–Kier alpha value is -2.62. The molecule has 1 aromatic heterocycles. The summed E-state index contributed by atoms with van der Waals surface area (Å²) >= 11 is 0. The monoisotopic (exact) mass is 280 g/mol. The van der Waals surface area contributed by atoms with Crippen LogP contribution < -0.4 is 0 Å². The molecule has 0 amide bonds. The molecule has 0 spiro atoms. The lowest BCUT2D eigenvalue weighted by Crippen LogP contribution is -2.07. The molecular formula is C17H16N2O2. The molecule has 0 aliphatic rings. The molecule has 21 heavy (non-hydrogen) atoms. The number of aromatic nitrogens is 2. The predicted octanol–water partition coefficient (Wildman–Crippen LogP) is 3.35. The minimum atomic E-state index is -0.898. The fourth-order valence-corrected chi connectivity index (χ4v) is 2.67. The number of benzene rings is 2. The molecular weight excluding hydrogens is 264 g/mol. The molecule has 106 valence electrons. The van der Waals surface area contributed by atoms with Crippen LogP contribution in [-0.2, 0) is 13.0 Å². The number of hydrogen-bond acceptors (Lipinski definition) is 2. The van der Waals surface area contributed by atoms with E-state index >= 15 is 0 Å². The smallest absolute Gasteiger partial charge is 0.335 e. The first kappa shape index (κ1) is 13.4. The van der Waals surface area contributed by atoms with Crippen LogP contribution in [0.25, 0.3) is 11.0 Å². The summed E-state index contributed by atoms with van der Waals surface area (Å²) in [5, 5.41) is 9.28. The van der Waals surface area contributed by atoms with Gasteiger partial charge in [0.15, 0.2) is 0 Å². The number of hydrogen-bond donors (Lipinski definition) is 1. The van der Waals surface area contributed by atoms with Crippen molar-refractivity contribution in [2.24, 2.45) is 0 Å². The number of carboxylic acid groups (broad SMARTS) is 1. The van der Waals surface area contributed by atoms with Crippen LogP contribution in [0.4, 0.5) is 0 Å². The van der Waals surface area contributed by atoms with Crippen molar-refractivity contribution < 1.29 is 9.90 Å². The van der Waals surface area contributed by atoms with E-state index in [1.807, 2.05) is 36.4 Å². The second-order valence-corrected chi connectivity index (χ2v) is 4.90. The minimum Gasteiger partial charge on any atom is -0.478 e. The van der Waals surface area contributed by atoms with E-state index in [0.29, 0.717) is 12.0 Å². The zero-order valence-electron chi connectivity index (χ0n) is 11.8. The summed E-state index contributed by atoms with van der Waals surface area (Å²) in [6.07, 6.45) is 0.519. The van der Waals surface area contributed by atoms with Gasteiger partial charge in [-0.25, -0.2) is 9.78 Å². The van der Waals surface area contributed by atoms with Crippen molar-refractivity contribution in [3.63, 3.8) is 0 Å². The van der Waals surface area contributed by atoms with E-state index in [4.69, 9.17) is 0 Å². The Morgan fingerprint density at radius 3 is 2.62 bits per heavy atom. The molecule has 1 heterocycles. The average molecular weight is 280 g/mol. The third kappa shape index (κ3) is 2.40. The SMILES string of the molecule is CCn1c(Cc2ccccc2C(=O)O)nc2ccccc21. The maximum Gasteiger partial charge on any atom is 0.335 e. The van der Waals surface area contributed by atoms with Gasteiger partial charge in [-0.1, -0.05) is 30.3 Å². The van der Waals surface area contributed by atoms with Crippen molar-refractivity contribution in [2.45, 2.75) is 19.9 Å². The van der Waals surface area contributed by atoms with E-state index < -0.39 is 5.97 Å². The number of fused-ring (bicyclic) bond motifs is 1. The van der Waals surface area contributed by atoms with Crippen molar-refractivity contribution in [3.8, 4) is 0 Å². The summed E-state index contributed by atoms with van der Waals surface area (Å²) < 4.78 is 2.13. The van der Waals surface area contributed by atoms with Crippen molar-refractivity contribution in [1.29, 1.82) is 0 Å². The number of aromatic carboxylic acids is 1. The highest BCUT2D eigenvalue weighted by molar-refractivity contribution is 5.89. The molecule has 0 atom stereocenters. The molecule has 0 aliphatic carbocycles. The normalized spacial score (nSPS) is 10.9. The standard InChI is InChI=1S/C17H16N2O2/c1-2-19-15-10-6-5-9-14(15)18-16(19)11-12-7-3-4-8-13(12)17(20)21/h3-10H,2,11H2,1H3,(H,20,21). The summed E-state index contributed by atoms with van der Waals surface area (Å²) in [6.45, 7) is 2.88. The topological polar surface area (TPSA) is 55.1 Å². The molecule has 3 aromatic rings. The minimum absolute atomic E-state index is 0.340. The number of rotatable bonds is 4. The van der Waals surface area contributed by atoms with Gasteiger partial charge in [0.2, 0.25) is 0 Å². The lowest BCUT2D eigenvalue weighted by molar-refractivity contribution is 0.0696. The van der Waals surface area contributed by atoms with Gasteiger partial charge < -0.3 is 9.67 Å². The zero-order valence-corrected chi connectivity index (χ0v) is 11.8. The second kappa shape index (κ2) is 5.40. The number of para-hydroxylation sites is 2. The van der Waals surface area contributed by atoms with Gasteiger partial charge in [-0.05, 0) is 30.7 Å². The van der Waals surface area contributed by atoms with Crippen molar-refractivity contribution in [2.75, 3.05) is 0 Å². The van der Waals surface area contributed by atoms with Gasteiger partial charge in [-0.2, -0.15) is 0 Å². The molecule has 2 aromatic carbocycles. The van der Waals surface area contributed by atoms with E-state index in [0.717, 1.165) is 29.0 Å². The van der Waals surface area contributed by atoms with E-state index in [-0.39, 0.29) is 0 Å². The zero-order chi connectivity index (χ0) is 14.8. The molecule has 4 nitrogen and oxygen atoms in total. The highest BCUT2D eigenvalue weighted by Crippen LogP contribution is 2.20. The Bertz CT molecular complexity index is 805. The van der Waals surface area contributed by atoms with E-state index in [2.05, 4.69) is 16.5 Å². The molecule has 0 aliphatic heterocycles. The fourth-order valence-electron chi connectivity index (χ4n) is 2.67. The van der Waals surface area contributed by atoms with E-state index in [9.17, 15) is 9.90 Å². The van der Waals surface area contributed by atoms with Crippen LogP contribution >= 0.6 is 0 Å². The van der Waals surface area contributed by atoms with Crippen LogP contribution in [0, 0.1) is 0 Å². The van der Waals surface area contributed by atoms with Crippen LogP contribution in [0.15, 0.2) is 48.5 Å². The molecule has 0 fully saturated rings. The molecule has 1 N–H and O–H groups in total. The first-order valence-electron chi connectivity index (χ1n) is 6.96. The molecule has 0 unspecified atom stereocenters. The van der Waals surface area contributed by atoms with Crippen LogP contribution in [0.2, 0.25) is 0 Å². The summed E-state index contributed by atoms with van der Waals surface area (Å²) in [6, 6.07) is 15.1. The molecule has 4 heteroatoms. The number of nitrogens with zero attached hydrogens (tertiary/aromatic N) is 2. The maximum absolute atomic E-state index is 11.3. The number of aryl methyl sites for hydroxylation is 1. The highest BCUT2D eigenvalue weighted by atomic mass is 16.4. The second-order valence-electron chi connectivity index (χ2n) is 4.90. The van der Waals surface area contributed by atoms with E-state index in [1.54, 1.807) is 12.1 Å². The van der Waals surface area contributed by atoms with Crippen LogP contribution in [0.1, 0.15) is 28.7 Å². The lowest BCUT2D eigenvalue weighted by atomic mass is 10.0. The summed E-state index contributed by atoms with van der Waals surface area (Å²) in [5.74, 6) is -0.00263. The van der Waals surface area contributed by atoms with Crippen LogP contribution in [0.3, 0.4) is 0 Å². The third-order valence-electron chi connectivity index (χ3n) is 3.65. The quantitative estimate of drug-likeness (QED) is 0.797. The molecule has 0 saturated heterocycles. The van der Waals surface area contributed by atoms with Gasteiger partial charge in [0, 0.05) is 13.0 Å². The van der Waals surface area contributed by atoms with Gasteiger partial charge >= 0.3 is 5.97 Å². The summed E-state index contributed by atoms with van der Waals surface area (Å²) in [5.41, 5.74) is 3.16. The Morgan fingerprint density at radius 2 is 1.86 bits per heavy atom.